The molecular formula is C33H42BrN5O10Si. The molecule has 9 atom stereocenters. The van der Waals surface area contributed by atoms with Crippen molar-refractivity contribution in [1.29, 1.82) is 0 Å². The highest BCUT2D eigenvalue weighted by Gasteiger charge is 2.66. The van der Waals surface area contributed by atoms with Crippen LogP contribution in [-0.4, -0.2) is 109 Å². The Morgan fingerprint density at radius 1 is 1.08 bits per heavy atom. The molecule has 0 aliphatic carbocycles. The maximum absolute atomic E-state index is 14.7. The van der Waals surface area contributed by atoms with Crippen LogP contribution in [0.1, 0.15) is 30.2 Å². The van der Waals surface area contributed by atoms with E-state index in [0.717, 1.165) is 10.0 Å². The normalized spacial score (nSPS) is 31.0. The summed E-state index contributed by atoms with van der Waals surface area (Å²) in [4.78, 5) is 40.7. The molecule has 50 heavy (non-hydrogen) atoms. The third-order valence-electron chi connectivity index (χ3n) is 9.95. The Balaban J connectivity index is 1.22. The first-order valence-electron chi connectivity index (χ1n) is 16.4. The molecule has 3 aromatic rings. The topological polar surface area (TPSA) is 220 Å². The quantitative estimate of drug-likeness (QED) is 0.142. The number of aliphatic hydroxyl groups is 5. The molecule has 270 valence electrons. The number of aliphatic hydroxyl groups excluding tert-OH is 5. The number of fused-ring (bicyclic) bond motifs is 2. The standard InChI is InChI=1S/C33H42BrN5O10Si/c1-17-29(50(2,3)47)24(10-12-38-16-21(11-13-40)36-37-38)49-33(17)22-14-19(34)6-9-23(22)39(32(33)46)15-18-4-7-20(8-5-18)35-30(44)28-26(42)25(41)27(43)31(45)48-28/h4-9,14,16-17,24-29,31,40-43,45,47H,10-13,15H2,1-3H3,(H,35,44)/t17-,24+,25+,26+,27-,28+,29-,31-,33+/m1/s1. The van der Waals surface area contributed by atoms with Crippen LogP contribution in [0, 0.1) is 5.92 Å². The third-order valence-corrected chi connectivity index (χ3v) is 12.9. The maximum atomic E-state index is 14.7. The summed E-state index contributed by atoms with van der Waals surface area (Å²) in [5, 5.41) is 59.7. The minimum atomic E-state index is -2.88. The summed E-state index contributed by atoms with van der Waals surface area (Å²) in [7, 11) is -2.88. The number of nitrogens with zero attached hydrogens (tertiary/aromatic N) is 4. The number of aryl methyl sites for hydroxylation is 1. The van der Waals surface area contributed by atoms with Gasteiger partial charge in [-0.25, -0.2) is 0 Å². The van der Waals surface area contributed by atoms with E-state index in [1.165, 1.54) is 0 Å². The van der Waals surface area contributed by atoms with E-state index in [0.29, 0.717) is 42.0 Å². The smallest absolute Gasteiger partial charge is 0.264 e. The lowest BCUT2D eigenvalue weighted by atomic mass is 9.82. The van der Waals surface area contributed by atoms with Gasteiger partial charge < -0.3 is 50.0 Å². The zero-order valence-electron chi connectivity index (χ0n) is 27.8. The van der Waals surface area contributed by atoms with Crippen LogP contribution in [0.15, 0.2) is 53.1 Å². The van der Waals surface area contributed by atoms with E-state index in [1.807, 2.05) is 38.2 Å². The first kappa shape index (κ1) is 36.7. The SMILES string of the molecule is C[C@@H]1[C@@H]([Si](C)(C)O)[C@H](CCn2cc(CCO)nn2)O[C@@]12C(=O)N(Cc1ccc(NC(=O)[C@H]3O[C@@H](O)[C@H](O)[C@@H](O)[C@@H]3O)cc1)c1ccc(Br)cc12. The summed E-state index contributed by atoms with van der Waals surface area (Å²) in [6.45, 7) is 6.31. The summed E-state index contributed by atoms with van der Waals surface area (Å²) >= 11 is 3.58. The van der Waals surface area contributed by atoms with Gasteiger partial charge in [-0.2, -0.15) is 0 Å². The minimum absolute atomic E-state index is 0.0318. The molecule has 2 saturated heterocycles. The summed E-state index contributed by atoms with van der Waals surface area (Å²) in [5.41, 5.74) is 1.53. The molecule has 2 fully saturated rings. The van der Waals surface area contributed by atoms with E-state index in [-0.39, 0.29) is 30.5 Å². The van der Waals surface area contributed by atoms with E-state index in [1.54, 1.807) is 40.0 Å². The van der Waals surface area contributed by atoms with E-state index in [2.05, 4.69) is 31.6 Å². The van der Waals surface area contributed by atoms with Gasteiger partial charge in [0.15, 0.2) is 26.3 Å². The number of nitrogens with one attached hydrogen (secondary N) is 1. The fraction of sp³-hybridized carbons (Fsp3) is 0.515. The molecule has 3 aliphatic rings. The van der Waals surface area contributed by atoms with Crippen molar-refractivity contribution in [2.24, 2.45) is 5.92 Å². The van der Waals surface area contributed by atoms with Crippen molar-refractivity contribution >= 4 is 47.4 Å². The van der Waals surface area contributed by atoms with Gasteiger partial charge in [-0.15, -0.1) is 5.10 Å². The van der Waals surface area contributed by atoms with Crippen molar-refractivity contribution in [2.75, 3.05) is 16.8 Å². The van der Waals surface area contributed by atoms with Crippen LogP contribution < -0.4 is 10.2 Å². The van der Waals surface area contributed by atoms with Gasteiger partial charge in [-0.05, 0) is 55.4 Å². The van der Waals surface area contributed by atoms with Gasteiger partial charge in [0.1, 0.15) is 18.3 Å². The van der Waals surface area contributed by atoms with Crippen molar-refractivity contribution < 1.29 is 49.4 Å². The number of carbonyl (C=O) groups excluding carboxylic acids is 2. The number of hydrogen-bond acceptors (Lipinski definition) is 12. The first-order chi connectivity index (χ1) is 23.6. The predicted octanol–water partition coefficient (Wildman–Crippen LogP) is 0.749. The monoisotopic (exact) mass is 775 g/mol. The van der Waals surface area contributed by atoms with Gasteiger partial charge in [0.2, 0.25) is 0 Å². The van der Waals surface area contributed by atoms with Crippen molar-refractivity contribution in [3.05, 3.63) is 70.0 Å². The highest BCUT2D eigenvalue weighted by Crippen LogP contribution is 2.60. The second kappa shape index (κ2) is 14.1. The number of carbonyl (C=O) groups is 2. The van der Waals surface area contributed by atoms with Crippen LogP contribution >= 0.6 is 15.9 Å². The number of benzene rings is 2. The molecule has 0 saturated carbocycles. The van der Waals surface area contributed by atoms with Crippen LogP contribution in [0.3, 0.4) is 0 Å². The summed E-state index contributed by atoms with van der Waals surface area (Å²) in [6, 6.07) is 12.3. The highest BCUT2D eigenvalue weighted by atomic mass is 79.9. The summed E-state index contributed by atoms with van der Waals surface area (Å²) < 4.78 is 14.4. The second-order valence-electron chi connectivity index (χ2n) is 13.8. The van der Waals surface area contributed by atoms with E-state index >= 15 is 0 Å². The number of amides is 2. The van der Waals surface area contributed by atoms with E-state index < -0.39 is 56.6 Å². The third kappa shape index (κ3) is 6.67. The molecule has 4 heterocycles. The molecular weight excluding hydrogens is 734 g/mol. The van der Waals surface area contributed by atoms with Crippen molar-refractivity contribution in [3.63, 3.8) is 0 Å². The van der Waals surface area contributed by atoms with Crippen molar-refractivity contribution in [2.45, 2.75) is 93.9 Å². The van der Waals surface area contributed by atoms with Crippen LogP contribution in [0.2, 0.25) is 18.6 Å². The molecule has 2 aromatic carbocycles. The Morgan fingerprint density at radius 2 is 1.80 bits per heavy atom. The highest BCUT2D eigenvalue weighted by molar-refractivity contribution is 9.10. The van der Waals surface area contributed by atoms with Gasteiger partial charge >= 0.3 is 0 Å². The minimum Gasteiger partial charge on any atom is -0.432 e. The summed E-state index contributed by atoms with van der Waals surface area (Å²) in [5.74, 6) is -1.43. The first-order valence-corrected chi connectivity index (χ1v) is 20.3. The number of rotatable bonds is 10. The lowest BCUT2D eigenvalue weighted by Crippen LogP contribution is -2.60. The fourth-order valence-corrected chi connectivity index (χ4v) is 10.5. The molecule has 6 rings (SSSR count). The Bertz CT molecular complexity index is 1720. The zero-order chi connectivity index (χ0) is 36.1. The number of aromatic nitrogens is 3. The van der Waals surface area contributed by atoms with Gasteiger partial charge in [0.05, 0.1) is 24.0 Å². The maximum Gasteiger partial charge on any atom is 0.264 e. The van der Waals surface area contributed by atoms with Crippen LogP contribution in [0.25, 0.3) is 0 Å². The Hall–Kier alpha value is -3.10. The van der Waals surface area contributed by atoms with Crippen molar-refractivity contribution in [1.82, 2.24) is 15.0 Å². The largest absolute Gasteiger partial charge is 0.432 e. The van der Waals surface area contributed by atoms with Crippen LogP contribution in [-0.2, 0) is 44.2 Å². The Morgan fingerprint density at radius 3 is 2.48 bits per heavy atom. The molecule has 7 N–H and O–H groups in total. The van der Waals surface area contributed by atoms with Gasteiger partial charge in [-0.1, -0.05) is 40.2 Å². The molecule has 17 heteroatoms. The van der Waals surface area contributed by atoms with Gasteiger partial charge in [0.25, 0.3) is 11.8 Å². The van der Waals surface area contributed by atoms with Crippen LogP contribution in [0.4, 0.5) is 11.4 Å². The lowest BCUT2D eigenvalue weighted by Gasteiger charge is -2.37. The number of ether oxygens (including phenoxy) is 2. The number of halogens is 1. The summed E-state index contributed by atoms with van der Waals surface area (Å²) in [6.07, 6.45) is -6.55. The lowest BCUT2D eigenvalue weighted by molar-refractivity contribution is -0.274. The van der Waals surface area contributed by atoms with E-state index in [9.17, 15) is 39.9 Å². The molecule has 0 radical (unpaired) electrons. The zero-order valence-corrected chi connectivity index (χ0v) is 30.3. The molecule has 0 unspecified atom stereocenters. The predicted molar refractivity (Wildman–Crippen MR) is 184 cm³/mol. The Labute approximate surface area is 297 Å². The fourth-order valence-electron chi connectivity index (χ4n) is 7.58. The molecule has 0 bridgehead atoms. The number of hydrogen-bond donors (Lipinski definition) is 7. The second-order valence-corrected chi connectivity index (χ2v) is 18.6. The molecule has 1 aromatic heterocycles. The Kier molecular flexibility index (Phi) is 10.4. The van der Waals surface area contributed by atoms with Gasteiger partial charge in [-0.3, -0.25) is 14.3 Å². The molecule has 15 nitrogen and oxygen atoms in total. The van der Waals surface area contributed by atoms with Gasteiger partial charge in [0, 0.05) is 53.0 Å². The molecule has 2 amide bonds. The number of anilines is 2. The van der Waals surface area contributed by atoms with E-state index in [4.69, 9.17) is 9.47 Å². The van der Waals surface area contributed by atoms with Crippen molar-refractivity contribution in [3.8, 4) is 0 Å². The van der Waals surface area contributed by atoms with Crippen LogP contribution in [0.5, 0.6) is 0 Å². The molecule has 1 spiro atoms. The average Bonchev–Trinajstić information content (AvgIpc) is 3.71. The molecule has 3 aliphatic heterocycles. The average molecular weight is 777 g/mol.